The van der Waals surface area contributed by atoms with Gasteiger partial charge in [0.05, 0.1) is 12.2 Å². The Hall–Kier alpha value is -1.86. The van der Waals surface area contributed by atoms with Gasteiger partial charge in [-0.05, 0) is 43.4 Å². The van der Waals surface area contributed by atoms with Crippen molar-refractivity contribution in [2.24, 2.45) is 5.92 Å². The Kier molecular flexibility index (Phi) is 3.94. The van der Waals surface area contributed by atoms with Gasteiger partial charge in [0.2, 0.25) is 0 Å². The molecular formula is C17H18FNO2. The van der Waals surface area contributed by atoms with E-state index >= 15 is 0 Å². The fraction of sp³-hybridized carbons (Fsp3) is 0.471. The number of nitrogens with zero attached hydrogens (tertiary/aromatic N) is 1. The SMILES string of the molecule is O=C(c1ccc(C#CCCO)cc1F)N1CC2CCC1C2. The third kappa shape index (κ3) is 2.79. The lowest BCUT2D eigenvalue weighted by Gasteiger charge is -2.27. The standard InChI is InChI=1S/C17H18FNO2/c18-16-10-12(3-1-2-8-20)5-7-15(16)17(21)19-11-13-4-6-14(19)9-13/h5,7,10,13-14,20H,2,4,6,8-9,11H2. The van der Waals surface area contributed by atoms with Crippen molar-refractivity contribution in [3.05, 3.63) is 35.1 Å². The van der Waals surface area contributed by atoms with Gasteiger partial charge >= 0.3 is 0 Å². The molecule has 110 valence electrons. The van der Waals surface area contributed by atoms with Crippen LogP contribution < -0.4 is 0 Å². The number of carbonyl (C=O) groups excluding carboxylic acids is 1. The molecule has 2 unspecified atom stereocenters. The normalized spacial score (nSPS) is 23.0. The number of carbonyl (C=O) groups is 1. The molecule has 2 atom stereocenters. The molecule has 3 nitrogen and oxygen atoms in total. The molecule has 2 fully saturated rings. The summed E-state index contributed by atoms with van der Waals surface area (Å²) in [7, 11) is 0. The van der Waals surface area contributed by atoms with Crippen LogP contribution in [0.3, 0.4) is 0 Å². The summed E-state index contributed by atoms with van der Waals surface area (Å²) in [6, 6.07) is 4.78. The van der Waals surface area contributed by atoms with E-state index in [2.05, 4.69) is 11.8 Å². The molecule has 2 aliphatic rings. The zero-order chi connectivity index (χ0) is 14.8. The second-order valence-electron chi connectivity index (χ2n) is 5.76. The van der Waals surface area contributed by atoms with E-state index in [1.807, 2.05) is 4.90 Å². The Bertz CT molecular complexity index is 617. The van der Waals surface area contributed by atoms with E-state index < -0.39 is 5.82 Å². The number of hydrogen-bond acceptors (Lipinski definition) is 2. The van der Waals surface area contributed by atoms with Crippen LogP contribution in [0.5, 0.6) is 0 Å². The van der Waals surface area contributed by atoms with Crippen LogP contribution in [0.1, 0.15) is 41.6 Å². The fourth-order valence-electron chi connectivity index (χ4n) is 3.31. The monoisotopic (exact) mass is 287 g/mol. The highest BCUT2D eigenvalue weighted by molar-refractivity contribution is 5.95. The van der Waals surface area contributed by atoms with Crippen LogP contribution in [0.2, 0.25) is 0 Å². The molecule has 1 saturated heterocycles. The van der Waals surface area contributed by atoms with E-state index in [4.69, 9.17) is 5.11 Å². The van der Waals surface area contributed by atoms with Gasteiger partial charge in [-0.3, -0.25) is 4.79 Å². The van der Waals surface area contributed by atoms with Crippen LogP contribution in [-0.2, 0) is 0 Å². The maximum atomic E-state index is 14.1. The number of halogens is 1. The highest BCUT2D eigenvalue weighted by Gasteiger charge is 2.40. The lowest BCUT2D eigenvalue weighted by Crippen LogP contribution is -2.38. The van der Waals surface area contributed by atoms with Crippen molar-refractivity contribution in [1.29, 1.82) is 0 Å². The van der Waals surface area contributed by atoms with Crippen molar-refractivity contribution in [3.63, 3.8) is 0 Å². The first-order valence-corrected chi connectivity index (χ1v) is 7.39. The van der Waals surface area contributed by atoms with Crippen molar-refractivity contribution in [2.45, 2.75) is 31.7 Å². The van der Waals surface area contributed by atoms with Gasteiger partial charge in [-0.25, -0.2) is 4.39 Å². The third-order valence-electron chi connectivity index (χ3n) is 4.34. The topological polar surface area (TPSA) is 40.5 Å². The quantitative estimate of drug-likeness (QED) is 0.847. The smallest absolute Gasteiger partial charge is 0.257 e. The number of fused-ring (bicyclic) bond motifs is 2. The van der Waals surface area contributed by atoms with Gasteiger partial charge in [0.15, 0.2) is 0 Å². The Morgan fingerprint density at radius 3 is 2.90 bits per heavy atom. The molecule has 1 N–H and O–H groups in total. The Labute approximate surface area is 123 Å². The summed E-state index contributed by atoms with van der Waals surface area (Å²) in [5.41, 5.74) is 0.663. The molecule has 1 aliphatic carbocycles. The van der Waals surface area contributed by atoms with Crippen molar-refractivity contribution < 1.29 is 14.3 Å². The van der Waals surface area contributed by atoms with E-state index in [-0.39, 0.29) is 18.1 Å². The minimum Gasteiger partial charge on any atom is -0.395 e. The highest BCUT2D eigenvalue weighted by atomic mass is 19.1. The first kappa shape index (κ1) is 14.1. The Morgan fingerprint density at radius 2 is 2.29 bits per heavy atom. The van der Waals surface area contributed by atoms with Crippen molar-refractivity contribution in [3.8, 4) is 11.8 Å². The van der Waals surface area contributed by atoms with Gasteiger partial charge in [0.1, 0.15) is 5.82 Å². The second-order valence-corrected chi connectivity index (χ2v) is 5.76. The average Bonchev–Trinajstić information content (AvgIpc) is 3.10. The minimum absolute atomic E-state index is 0.0104. The van der Waals surface area contributed by atoms with Gasteiger partial charge in [0, 0.05) is 24.6 Å². The van der Waals surface area contributed by atoms with Gasteiger partial charge in [-0.15, -0.1) is 0 Å². The number of likely N-dealkylation sites (tertiary alicyclic amines) is 1. The molecule has 1 aliphatic heterocycles. The Morgan fingerprint density at radius 1 is 1.43 bits per heavy atom. The fourth-order valence-corrected chi connectivity index (χ4v) is 3.31. The molecule has 1 heterocycles. The number of hydrogen-bond donors (Lipinski definition) is 1. The van der Waals surface area contributed by atoms with Gasteiger partial charge in [-0.1, -0.05) is 11.8 Å². The largest absolute Gasteiger partial charge is 0.395 e. The number of piperidine rings is 1. The number of benzene rings is 1. The van der Waals surface area contributed by atoms with E-state index in [1.165, 1.54) is 18.6 Å². The molecule has 4 heteroatoms. The number of rotatable bonds is 2. The zero-order valence-corrected chi connectivity index (χ0v) is 11.8. The molecule has 0 spiro atoms. The van der Waals surface area contributed by atoms with Crippen LogP contribution >= 0.6 is 0 Å². The molecule has 1 saturated carbocycles. The summed E-state index contributed by atoms with van der Waals surface area (Å²) in [5, 5.41) is 8.66. The lowest BCUT2D eigenvalue weighted by molar-refractivity contribution is 0.0699. The summed E-state index contributed by atoms with van der Waals surface area (Å²) >= 11 is 0. The molecule has 0 aromatic heterocycles. The van der Waals surface area contributed by atoms with Gasteiger partial charge < -0.3 is 10.0 Å². The predicted octanol–water partition coefficient (Wildman–Crippen LogP) is 2.18. The molecule has 0 radical (unpaired) electrons. The van der Waals surface area contributed by atoms with Crippen LogP contribution in [-0.4, -0.2) is 35.1 Å². The number of aliphatic hydroxyl groups is 1. The first-order valence-electron chi connectivity index (χ1n) is 7.39. The molecule has 1 aromatic carbocycles. The van der Waals surface area contributed by atoms with E-state index in [0.717, 1.165) is 19.4 Å². The van der Waals surface area contributed by atoms with Crippen LogP contribution in [0.4, 0.5) is 4.39 Å². The summed E-state index contributed by atoms with van der Waals surface area (Å²) in [5.74, 6) is 5.40. The zero-order valence-electron chi connectivity index (χ0n) is 11.8. The first-order chi connectivity index (χ1) is 10.2. The minimum atomic E-state index is -0.515. The van der Waals surface area contributed by atoms with Gasteiger partial charge in [0.25, 0.3) is 5.91 Å². The molecule has 1 amide bonds. The lowest BCUT2D eigenvalue weighted by atomic mass is 10.1. The number of aliphatic hydroxyl groups excluding tert-OH is 1. The van der Waals surface area contributed by atoms with E-state index in [1.54, 1.807) is 6.07 Å². The second kappa shape index (κ2) is 5.87. The highest BCUT2D eigenvalue weighted by Crippen LogP contribution is 2.38. The summed E-state index contributed by atoms with van der Waals surface area (Å²) in [4.78, 5) is 14.3. The van der Waals surface area contributed by atoms with Crippen molar-refractivity contribution in [1.82, 2.24) is 4.90 Å². The van der Waals surface area contributed by atoms with E-state index in [9.17, 15) is 9.18 Å². The molecular weight excluding hydrogens is 269 g/mol. The number of amides is 1. The third-order valence-corrected chi connectivity index (χ3v) is 4.34. The molecule has 2 bridgehead atoms. The van der Waals surface area contributed by atoms with Crippen LogP contribution in [0, 0.1) is 23.6 Å². The maximum Gasteiger partial charge on any atom is 0.257 e. The van der Waals surface area contributed by atoms with Crippen LogP contribution in [0.15, 0.2) is 18.2 Å². The van der Waals surface area contributed by atoms with Crippen molar-refractivity contribution >= 4 is 5.91 Å². The molecule has 1 aromatic rings. The summed E-state index contributed by atoms with van der Waals surface area (Å²) < 4.78 is 14.1. The molecule has 3 rings (SSSR count). The predicted molar refractivity (Wildman–Crippen MR) is 77.1 cm³/mol. The summed E-state index contributed by atoms with van der Waals surface area (Å²) in [6.45, 7) is 0.755. The van der Waals surface area contributed by atoms with Crippen molar-refractivity contribution in [2.75, 3.05) is 13.2 Å². The van der Waals surface area contributed by atoms with Gasteiger partial charge in [-0.2, -0.15) is 0 Å². The molecule has 21 heavy (non-hydrogen) atoms. The summed E-state index contributed by atoms with van der Waals surface area (Å²) in [6.07, 6.45) is 3.66. The van der Waals surface area contributed by atoms with Crippen LogP contribution in [0.25, 0.3) is 0 Å². The Balaban J connectivity index is 1.77. The average molecular weight is 287 g/mol. The van der Waals surface area contributed by atoms with E-state index in [0.29, 0.717) is 23.9 Å². The maximum absolute atomic E-state index is 14.1.